The van der Waals surface area contributed by atoms with Gasteiger partial charge in [-0.1, -0.05) is 155 Å². The van der Waals surface area contributed by atoms with E-state index in [2.05, 4.69) is 207 Å². The first-order chi connectivity index (χ1) is 27.3. The Morgan fingerprint density at radius 3 is 1.86 bits per heavy atom. The molecule has 3 aliphatic rings. The number of hydrogen-bond acceptors (Lipinski definition) is 1. The van der Waals surface area contributed by atoms with Crippen molar-refractivity contribution in [3.63, 3.8) is 0 Å². The Bertz CT molecular complexity index is 3140. The van der Waals surface area contributed by atoms with Gasteiger partial charge in [0.05, 0.1) is 16.7 Å². The summed E-state index contributed by atoms with van der Waals surface area (Å²) in [6.45, 7) is 9.50. The van der Waals surface area contributed by atoms with Crippen LogP contribution in [0.25, 0.3) is 72.0 Å². The maximum absolute atomic E-state index is 2.58. The van der Waals surface area contributed by atoms with Crippen LogP contribution in [0.15, 0.2) is 170 Å². The van der Waals surface area contributed by atoms with Gasteiger partial charge < -0.3 is 9.47 Å². The monoisotopic (exact) mass is 716 g/mol. The van der Waals surface area contributed by atoms with Crippen molar-refractivity contribution in [2.24, 2.45) is 0 Å². The quantitative estimate of drug-likeness (QED) is 0.176. The predicted octanol–water partition coefficient (Wildman–Crippen LogP) is 14.5. The molecule has 2 heteroatoms. The first-order valence-corrected chi connectivity index (χ1v) is 19.9. The maximum Gasteiger partial charge on any atom is 0.0623 e. The minimum atomic E-state index is -0.0884. The molecular weight excluding hydrogens is 677 g/mol. The number of fused-ring (bicyclic) bond motifs is 9. The lowest BCUT2D eigenvalue weighted by Crippen LogP contribution is -2.15. The van der Waals surface area contributed by atoms with Crippen molar-refractivity contribution < 1.29 is 0 Å². The second-order valence-electron chi connectivity index (χ2n) is 16.9. The van der Waals surface area contributed by atoms with Crippen LogP contribution < -0.4 is 4.90 Å². The minimum Gasteiger partial charge on any atom is -0.310 e. The molecule has 0 unspecified atom stereocenters. The Kier molecular flexibility index (Phi) is 6.22. The molecule has 0 saturated carbocycles. The molecule has 56 heavy (non-hydrogen) atoms. The summed E-state index contributed by atoms with van der Waals surface area (Å²) in [4.78, 5) is 2.47. The molecule has 0 radical (unpaired) electrons. The summed E-state index contributed by atoms with van der Waals surface area (Å²) in [5.41, 5.74) is 23.0. The lowest BCUT2D eigenvalue weighted by Gasteiger charge is -2.28. The standard InChI is InChI=1S/C54H40N2/c1-53(2)44-21-10-8-18-38(44)43-31-36(25-28-45(43)53)55(35-17-12-16-34(30-35)33-14-6-5-7-15-33)37-24-26-40-42-27-29-47-51-50-41(20-13-22-46(50)54(47,3)4)39-19-9-11-23-48(39)56(52(42)51)49(40)32-37/h5-32H,1-4H3. The molecule has 0 saturated heterocycles. The molecule has 2 heterocycles. The van der Waals surface area contributed by atoms with Gasteiger partial charge in [0.25, 0.3) is 0 Å². The summed E-state index contributed by atoms with van der Waals surface area (Å²) in [6.07, 6.45) is 0. The van der Waals surface area contributed by atoms with Crippen LogP contribution in [0.1, 0.15) is 49.9 Å². The lowest BCUT2D eigenvalue weighted by molar-refractivity contribution is 0.660. The van der Waals surface area contributed by atoms with Crippen molar-refractivity contribution in [1.29, 1.82) is 0 Å². The largest absolute Gasteiger partial charge is 0.310 e. The van der Waals surface area contributed by atoms with E-state index in [9.17, 15) is 0 Å². The molecule has 0 bridgehead atoms. The zero-order valence-corrected chi connectivity index (χ0v) is 32.1. The Hall–Kier alpha value is -6.64. The van der Waals surface area contributed by atoms with Crippen LogP contribution >= 0.6 is 0 Å². The highest BCUT2D eigenvalue weighted by molar-refractivity contribution is 6.19. The molecule has 0 atom stereocenters. The second-order valence-corrected chi connectivity index (χ2v) is 16.9. The van der Waals surface area contributed by atoms with E-state index in [0.29, 0.717) is 0 Å². The number of nitrogens with zero attached hydrogens (tertiary/aromatic N) is 2. The fourth-order valence-corrected chi connectivity index (χ4v) is 10.6. The van der Waals surface area contributed by atoms with E-state index < -0.39 is 0 Å². The van der Waals surface area contributed by atoms with Gasteiger partial charge in [-0.2, -0.15) is 0 Å². The number of hydrogen-bond donors (Lipinski definition) is 0. The normalized spacial score (nSPS) is 14.7. The van der Waals surface area contributed by atoms with Crippen LogP contribution in [0.2, 0.25) is 0 Å². The molecule has 9 aromatic rings. The summed E-state index contributed by atoms with van der Waals surface area (Å²) in [6, 6.07) is 63.7. The van der Waals surface area contributed by atoms with Crippen LogP contribution in [0.4, 0.5) is 17.1 Å². The van der Waals surface area contributed by atoms with E-state index in [0.717, 1.165) is 17.1 Å². The molecule has 1 aromatic heterocycles. The number of aromatic nitrogens is 1. The average molecular weight is 717 g/mol. The Morgan fingerprint density at radius 1 is 0.393 bits per heavy atom. The van der Waals surface area contributed by atoms with E-state index >= 15 is 0 Å². The fraction of sp³-hybridized carbons (Fsp3) is 0.111. The molecule has 2 nitrogen and oxygen atoms in total. The first kappa shape index (κ1) is 31.7. The van der Waals surface area contributed by atoms with Crippen LogP contribution in [-0.4, -0.2) is 4.57 Å². The Morgan fingerprint density at radius 2 is 0.982 bits per heavy atom. The van der Waals surface area contributed by atoms with Crippen molar-refractivity contribution >= 4 is 38.9 Å². The van der Waals surface area contributed by atoms with Crippen LogP contribution in [0.5, 0.6) is 0 Å². The molecule has 0 fully saturated rings. The van der Waals surface area contributed by atoms with Gasteiger partial charge in [0.1, 0.15) is 0 Å². The molecule has 1 aliphatic heterocycles. The summed E-state index contributed by atoms with van der Waals surface area (Å²) in [5.74, 6) is 0. The topological polar surface area (TPSA) is 8.17 Å². The molecular formula is C54H40N2. The third kappa shape index (κ3) is 4.06. The summed E-state index contributed by atoms with van der Waals surface area (Å²) >= 11 is 0. The molecule has 0 N–H and O–H groups in total. The predicted molar refractivity (Wildman–Crippen MR) is 235 cm³/mol. The van der Waals surface area contributed by atoms with Gasteiger partial charge in [0, 0.05) is 49.8 Å². The smallest absolute Gasteiger partial charge is 0.0623 e. The zero-order chi connectivity index (χ0) is 37.5. The number of benzene rings is 8. The van der Waals surface area contributed by atoms with Crippen molar-refractivity contribution in [2.75, 3.05) is 4.90 Å². The maximum atomic E-state index is 2.58. The van der Waals surface area contributed by atoms with E-state index in [4.69, 9.17) is 0 Å². The van der Waals surface area contributed by atoms with Crippen molar-refractivity contribution in [3.8, 4) is 50.2 Å². The highest BCUT2D eigenvalue weighted by atomic mass is 15.1. The number of anilines is 3. The number of rotatable bonds is 4. The van der Waals surface area contributed by atoms with Crippen LogP contribution in [0, 0.1) is 0 Å². The van der Waals surface area contributed by atoms with Crippen molar-refractivity contribution in [3.05, 3.63) is 192 Å². The third-order valence-corrected chi connectivity index (χ3v) is 13.3. The summed E-state index contributed by atoms with van der Waals surface area (Å²) in [5, 5.41) is 2.57. The van der Waals surface area contributed by atoms with Crippen LogP contribution in [-0.2, 0) is 10.8 Å². The van der Waals surface area contributed by atoms with Crippen molar-refractivity contribution in [1.82, 2.24) is 4.57 Å². The highest BCUT2D eigenvalue weighted by Crippen LogP contribution is 2.58. The van der Waals surface area contributed by atoms with Gasteiger partial charge in [-0.15, -0.1) is 0 Å². The zero-order valence-electron chi connectivity index (χ0n) is 32.1. The van der Waals surface area contributed by atoms with E-state index in [1.807, 2.05) is 0 Å². The van der Waals surface area contributed by atoms with Gasteiger partial charge >= 0.3 is 0 Å². The number of para-hydroxylation sites is 1. The van der Waals surface area contributed by atoms with Gasteiger partial charge in [0.15, 0.2) is 0 Å². The molecule has 0 amide bonds. The van der Waals surface area contributed by atoms with Gasteiger partial charge in [0.2, 0.25) is 0 Å². The van der Waals surface area contributed by atoms with Crippen molar-refractivity contribution in [2.45, 2.75) is 38.5 Å². The lowest BCUT2D eigenvalue weighted by atomic mass is 9.81. The molecule has 2 aliphatic carbocycles. The first-order valence-electron chi connectivity index (χ1n) is 19.9. The van der Waals surface area contributed by atoms with E-state index in [-0.39, 0.29) is 10.8 Å². The van der Waals surface area contributed by atoms with Gasteiger partial charge in [-0.3, -0.25) is 0 Å². The van der Waals surface area contributed by atoms with E-state index in [1.165, 1.54) is 94.3 Å². The average Bonchev–Trinajstić information content (AvgIpc) is 3.73. The Labute approximate surface area is 327 Å². The minimum absolute atomic E-state index is 0.0612. The second kappa shape index (κ2) is 11.0. The SMILES string of the molecule is CC1(C)c2ccccc2-c2cc(N(c3cccc(-c4ccccc4)c3)c3ccc4c5ccc6c7c5n(c4c3)-c3ccccc3-c3cccc(c3-7)C6(C)C)ccc21. The highest BCUT2D eigenvalue weighted by Gasteiger charge is 2.41. The van der Waals surface area contributed by atoms with Gasteiger partial charge in [-0.25, -0.2) is 0 Å². The molecule has 0 spiro atoms. The van der Waals surface area contributed by atoms with Crippen LogP contribution in [0.3, 0.4) is 0 Å². The molecule has 12 rings (SSSR count). The molecule has 266 valence electrons. The van der Waals surface area contributed by atoms with E-state index in [1.54, 1.807) is 0 Å². The van der Waals surface area contributed by atoms with Gasteiger partial charge in [-0.05, 0) is 98.1 Å². The summed E-state index contributed by atoms with van der Waals surface area (Å²) < 4.78 is 2.58. The summed E-state index contributed by atoms with van der Waals surface area (Å²) in [7, 11) is 0. The third-order valence-electron chi connectivity index (χ3n) is 13.3. The fourth-order valence-electron chi connectivity index (χ4n) is 10.6. The Balaban J connectivity index is 1.15. The molecule has 8 aromatic carbocycles.